The Morgan fingerprint density at radius 1 is 1.57 bits per heavy atom. The van der Waals surface area contributed by atoms with Gasteiger partial charge in [0, 0.05) is 29.6 Å². The monoisotopic (exact) mass is 212 g/mol. The van der Waals surface area contributed by atoms with Gasteiger partial charge in [0.15, 0.2) is 0 Å². The van der Waals surface area contributed by atoms with E-state index in [9.17, 15) is 0 Å². The average Bonchev–Trinajstić information content (AvgIpc) is 2.47. The fourth-order valence-corrected chi connectivity index (χ4v) is 1.79. The van der Waals surface area contributed by atoms with E-state index >= 15 is 0 Å². The summed E-state index contributed by atoms with van der Waals surface area (Å²) in [5.74, 6) is 0. The van der Waals surface area contributed by atoms with Crippen LogP contribution in [-0.2, 0) is 4.74 Å². The zero-order valence-corrected chi connectivity index (χ0v) is 8.63. The standard InChI is InChI=1S/C10H13ClN2O/c11-9-2-4-12-6-8(9)10-7-14-5-1-3-13-10/h2,4,6,10,13H,1,3,5,7H2. The van der Waals surface area contributed by atoms with Crippen LogP contribution in [0.3, 0.4) is 0 Å². The van der Waals surface area contributed by atoms with E-state index in [-0.39, 0.29) is 6.04 Å². The van der Waals surface area contributed by atoms with Crippen LogP contribution in [-0.4, -0.2) is 24.7 Å². The fraction of sp³-hybridized carbons (Fsp3) is 0.500. The number of pyridine rings is 1. The molecule has 0 amide bonds. The highest BCUT2D eigenvalue weighted by Crippen LogP contribution is 2.22. The first-order chi connectivity index (χ1) is 6.88. The maximum Gasteiger partial charge on any atom is 0.0662 e. The highest BCUT2D eigenvalue weighted by atomic mass is 35.5. The first kappa shape index (κ1) is 9.90. The molecular weight excluding hydrogens is 200 g/mol. The summed E-state index contributed by atoms with van der Waals surface area (Å²) in [4.78, 5) is 4.07. The zero-order valence-electron chi connectivity index (χ0n) is 7.87. The minimum absolute atomic E-state index is 0.179. The molecule has 1 atom stereocenters. The maximum atomic E-state index is 6.08. The largest absolute Gasteiger partial charge is 0.379 e. The molecule has 1 aliphatic rings. The van der Waals surface area contributed by atoms with Gasteiger partial charge in [-0.3, -0.25) is 4.98 Å². The van der Waals surface area contributed by atoms with Crippen molar-refractivity contribution in [2.75, 3.05) is 19.8 Å². The molecule has 1 N–H and O–H groups in total. The van der Waals surface area contributed by atoms with Crippen molar-refractivity contribution >= 4 is 11.6 Å². The predicted molar refractivity (Wildman–Crippen MR) is 55.4 cm³/mol. The van der Waals surface area contributed by atoms with E-state index in [1.807, 2.05) is 6.07 Å². The summed E-state index contributed by atoms with van der Waals surface area (Å²) < 4.78 is 5.47. The predicted octanol–water partition coefficient (Wildman–Crippen LogP) is 1.79. The summed E-state index contributed by atoms with van der Waals surface area (Å²) >= 11 is 6.08. The van der Waals surface area contributed by atoms with Crippen molar-refractivity contribution in [1.29, 1.82) is 0 Å². The van der Waals surface area contributed by atoms with Gasteiger partial charge >= 0.3 is 0 Å². The van der Waals surface area contributed by atoms with Gasteiger partial charge in [-0.05, 0) is 19.0 Å². The van der Waals surface area contributed by atoms with Crippen LogP contribution in [0, 0.1) is 0 Å². The van der Waals surface area contributed by atoms with Gasteiger partial charge in [-0.2, -0.15) is 0 Å². The molecule has 1 aromatic rings. The number of hydrogen-bond donors (Lipinski definition) is 1. The lowest BCUT2D eigenvalue weighted by atomic mass is 10.1. The third-order valence-corrected chi connectivity index (χ3v) is 2.66. The second-order valence-electron chi connectivity index (χ2n) is 3.33. The normalized spacial score (nSPS) is 23.1. The smallest absolute Gasteiger partial charge is 0.0662 e. The van der Waals surface area contributed by atoms with Crippen LogP contribution in [0.15, 0.2) is 18.5 Å². The first-order valence-electron chi connectivity index (χ1n) is 4.78. The minimum Gasteiger partial charge on any atom is -0.379 e. The third-order valence-electron chi connectivity index (χ3n) is 2.31. The molecule has 0 aliphatic carbocycles. The van der Waals surface area contributed by atoms with Crippen LogP contribution in [0.4, 0.5) is 0 Å². The number of hydrogen-bond acceptors (Lipinski definition) is 3. The Morgan fingerprint density at radius 3 is 3.36 bits per heavy atom. The topological polar surface area (TPSA) is 34.1 Å². The van der Waals surface area contributed by atoms with Gasteiger partial charge in [-0.25, -0.2) is 0 Å². The van der Waals surface area contributed by atoms with E-state index in [0.29, 0.717) is 6.61 Å². The molecule has 4 heteroatoms. The Hall–Kier alpha value is -0.640. The number of halogens is 1. The van der Waals surface area contributed by atoms with Gasteiger partial charge in [0.1, 0.15) is 0 Å². The molecule has 1 aliphatic heterocycles. The van der Waals surface area contributed by atoms with Crippen molar-refractivity contribution < 1.29 is 4.74 Å². The van der Waals surface area contributed by atoms with Crippen LogP contribution >= 0.6 is 11.6 Å². The molecule has 1 saturated heterocycles. The lowest BCUT2D eigenvalue weighted by Crippen LogP contribution is -2.23. The van der Waals surface area contributed by atoms with Crippen LogP contribution in [0.25, 0.3) is 0 Å². The van der Waals surface area contributed by atoms with E-state index in [1.54, 1.807) is 12.4 Å². The van der Waals surface area contributed by atoms with E-state index in [2.05, 4.69) is 10.3 Å². The minimum atomic E-state index is 0.179. The zero-order chi connectivity index (χ0) is 9.80. The molecule has 3 nitrogen and oxygen atoms in total. The average molecular weight is 213 g/mol. The summed E-state index contributed by atoms with van der Waals surface area (Å²) in [6.07, 6.45) is 4.55. The third kappa shape index (κ3) is 2.23. The second kappa shape index (κ2) is 4.73. The summed E-state index contributed by atoms with van der Waals surface area (Å²) in [5, 5.41) is 4.14. The molecule has 2 heterocycles. The molecule has 0 radical (unpaired) electrons. The lowest BCUT2D eigenvalue weighted by Gasteiger charge is -2.16. The Kier molecular flexibility index (Phi) is 3.35. The van der Waals surface area contributed by atoms with Gasteiger partial charge in [0.2, 0.25) is 0 Å². The molecule has 2 rings (SSSR count). The van der Waals surface area contributed by atoms with E-state index in [4.69, 9.17) is 16.3 Å². The Morgan fingerprint density at radius 2 is 2.50 bits per heavy atom. The highest BCUT2D eigenvalue weighted by Gasteiger charge is 2.16. The van der Waals surface area contributed by atoms with Crippen molar-refractivity contribution in [3.63, 3.8) is 0 Å². The highest BCUT2D eigenvalue weighted by molar-refractivity contribution is 6.31. The van der Waals surface area contributed by atoms with E-state index in [1.165, 1.54) is 0 Å². The Labute approximate surface area is 88.4 Å². The summed E-state index contributed by atoms with van der Waals surface area (Å²) in [6.45, 7) is 2.46. The molecule has 0 aromatic carbocycles. The van der Waals surface area contributed by atoms with Gasteiger partial charge < -0.3 is 10.1 Å². The van der Waals surface area contributed by atoms with Crippen molar-refractivity contribution in [2.24, 2.45) is 0 Å². The van der Waals surface area contributed by atoms with E-state index < -0.39 is 0 Å². The maximum absolute atomic E-state index is 6.08. The van der Waals surface area contributed by atoms with E-state index in [0.717, 1.165) is 30.2 Å². The number of ether oxygens (including phenoxy) is 1. The number of nitrogens with one attached hydrogen (secondary N) is 1. The van der Waals surface area contributed by atoms with Crippen LogP contribution in [0.5, 0.6) is 0 Å². The summed E-state index contributed by atoms with van der Waals surface area (Å²) in [5.41, 5.74) is 1.02. The quantitative estimate of drug-likeness (QED) is 0.771. The van der Waals surface area contributed by atoms with Crippen LogP contribution < -0.4 is 5.32 Å². The summed E-state index contributed by atoms with van der Waals surface area (Å²) in [6, 6.07) is 1.99. The number of aromatic nitrogens is 1. The van der Waals surface area contributed by atoms with Crippen molar-refractivity contribution in [1.82, 2.24) is 10.3 Å². The Bertz CT molecular complexity index is 298. The van der Waals surface area contributed by atoms with Crippen molar-refractivity contribution in [3.05, 3.63) is 29.0 Å². The molecule has 0 bridgehead atoms. The second-order valence-corrected chi connectivity index (χ2v) is 3.74. The first-order valence-corrected chi connectivity index (χ1v) is 5.16. The summed E-state index contributed by atoms with van der Waals surface area (Å²) in [7, 11) is 0. The SMILES string of the molecule is Clc1ccncc1C1COCCCN1. The van der Waals surface area contributed by atoms with Gasteiger partial charge in [-0.1, -0.05) is 11.6 Å². The number of rotatable bonds is 1. The van der Waals surface area contributed by atoms with Crippen molar-refractivity contribution in [3.8, 4) is 0 Å². The van der Waals surface area contributed by atoms with Crippen LogP contribution in [0.2, 0.25) is 5.02 Å². The van der Waals surface area contributed by atoms with Gasteiger partial charge in [-0.15, -0.1) is 0 Å². The molecule has 0 spiro atoms. The molecule has 1 fully saturated rings. The lowest BCUT2D eigenvalue weighted by molar-refractivity contribution is 0.131. The van der Waals surface area contributed by atoms with Crippen molar-refractivity contribution in [2.45, 2.75) is 12.5 Å². The molecule has 0 saturated carbocycles. The van der Waals surface area contributed by atoms with Gasteiger partial charge in [0.25, 0.3) is 0 Å². The molecule has 1 unspecified atom stereocenters. The Balaban J connectivity index is 2.16. The molecule has 76 valence electrons. The molecular formula is C10H13ClN2O. The van der Waals surface area contributed by atoms with Gasteiger partial charge in [0.05, 0.1) is 12.6 Å². The molecule has 14 heavy (non-hydrogen) atoms. The number of nitrogens with zero attached hydrogens (tertiary/aromatic N) is 1. The van der Waals surface area contributed by atoms with Crippen LogP contribution in [0.1, 0.15) is 18.0 Å². The molecule has 1 aromatic heterocycles. The fourth-order valence-electron chi connectivity index (χ4n) is 1.56.